The van der Waals surface area contributed by atoms with Gasteiger partial charge >= 0.3 is 0 Å². The standard InChI is InChI=1S/C11H16N2O/c1-9(14)11-6-4-10(5-7-11)8-12-13(2)3/h4-7,12H,8H2,1-3H3. The van der Waals surface area contributed by atoms with E-state index >= 15 is 0 Å². The van der Waals surface area contributed by atoms with Crippen LogP contribution in [-0.4, -0.2) is 24.9 Å². The predicted molar refractivity (Wildman–Crippen MR) is 57.0 cm³/mol. The van der Waals surface area contributed by atoms with E-state index in [4.69, 9.17) is 0 Å². The fraction of sp³-hybridized carbons (Fsp3) is 0.364. The second kappa shape index (κ2) is 4.88. The predicted octanol–water partition coefficient (Wildman–Crippen LogP) is 1.46. The van der Waals surface area contributed by atoms with Gasteiger partial charge in [-0.2, -0.15) is 0 Å². The van der Waals surface area contributed by atoms with Gasteiger partial charge in [0.05, 0.1) is 0 Å². The summed E-state index contributed by atoms with van der Waals surface area (Å²) in [6.45, 7) is 2.36. The summed E-state index contributed by atoms with van der Waals surface area (Å²) in [5.74, 6) is 0.108. The molecule has 76 valence electrons. The molecule has 3 heteroatoms. The number of carbonyl (C=O) groups excluding carboxylic acids is 1. The topological polar surface area (TPSA) is 32.3 Å². The third-order valence-corrected chi connectivity index (χ3v) is 1.96. The lowest BCUT2D eigenvalue weighted by molar-refractivity contribution is 0.101. The zero-order chi connectivity index (χ0) is 10.6. The van der Waals surface area contributed by atoms with Crippen LogP contribution in [0.4, 0.5) is 0 Å². The van der Waals surface area contributed by atoms with E-state index in [0.717, 1.165) is 12.1 Å². The Morgan fingerprint density at radius 1 is 1.29 bits per heavy atom. The van der Waals surface area contributed by atoms with Crippen LogP contribution in [0, 0.1) is 0 Å². The molecule has 0 aliphatic rings. The van der Waals surface area contributed by atoms with Gasteiger partial charge in [0, 0.05) is 26.2 Å². The van der Waals surface area contributed by atoms with Crippen molar-refractivity contribution >= 4 is 5.78 Å². The second-order valence-corrected chi connectivity index (χ2v) is 3.48. The fourth-order valence-corrected chi connectivity index (χ4v) is 1.11. The van der Waals surface area contributed by atoms with Crippen LogP contribution in [0.2, 0.25) is 0 Å². The normalized spacial score (nSPS) is 10.6. The summed E-state index contributed by atoms with van der Waals surface area (Å²) in [6.07, 6.45) is 0. The average molecular weight is 192 g/mol. The number of Topliss-reactive ketones (excluding diaryl/α,β-unsaturated/α-hetero) is 1. The highest BCUT2D eigenvalue weighted by Crippen LogP contribution is 2.04. The SMILES string of the molecule is CC(=O)c1ccc(CNN(C)C)cc1. The maximum atomic E-state index is 11.0. The van der Waals surface area contributed by atoms with E-state index in [0.29, 0.717) is 0 Å². The average Bonchev–Trinajstić information content (AvgIpc) is 2.15. The highest BCUT2D eigenvalue weighted by Gasteiger charge is 1.98. The van der Waals surface area contributed by atoms with E-state index in [9.17, 15) is 4.79 Å². The lowest BCUT2D eigenvalue weighted by atomic mass is 10.1. The Balaban J connectivity index is 2.60. The molecule has 3 nitrogen and oxygen atoms in total. The fourth-order valence-electron chi connectivity index (χ4n) is 1.11. The summed E-state index contributed by atoms with van der Waals surface area (Å²) >= 11 is 0. The number of hydrogen-bond acceptors (Lipinski definition) is 3. The Hall–Kier alpha value is -1.19. The first-order valence-electron chi connectivity index (χ1n) is 4.60. The van der Waals surface area contributed by atoms with Crippen molar-refractivity contribution in [1.29, 1.82) is 0 Å². The minimum Gasteiger partial charge on any atom is -0.295 e. The zero-order valence-electron chi connectivity index (χ0n) is 8.87. The van der Waals surface area contributed by atoms with Gasteiger partial charge in [0.15, 0.2) is 5.78 Å². The quantitative estimate of drug-likeness (QED) is 0.579. The molecular weight excluding hydrogens is 176 g/mol. The molecule has 0 saturated heterocycles. The maximum absolute atomic E-state index is 11.0. The molecule has 0 fully saturated rings. The van der Waals surface area contributed by atoms with Gasteiger partial charge in [-0.3, -0.25) is 15.2 Å². The van der Waals surface area contributed by atoms with Gasteiger partial charge in [0.25, 0.3) is 0 Å². The van der Waals surface area contributed by atoms with Crippen LogP contribution in [0.3, 0.4) is 0 Å². The summed E-state index contributed by atoms with van der Waals surface area (Å²) in [5, 5.41) is 1.90. The minimum atomic E-state index is 0.108. The number of nitrogens with one attached hydrogen (secondary N) is 1. The van der Waals surface area contributed by atoms with Gasteiger partial charge < -0.3 is 0 Å². The van der Waals surface area contributed by atoms with Crippen molar-refractivity contribution in [3.63, 3.8) is 0 Å². The summed E-state index contributed by atoms with van der Waals surface area (Å²) < 4.78 is 0. The summed E-state index contributed by atoms with van der Waals surface area (Å²) in [7, 11) is 3.90. The van der Waals surface area contributed by atoms with Gasteiger partial charge in [-0.25, -0.2) is 0 Å². The first-order chi connectivity index (χ1) is 6.59. The first kappa shape index (κ1) is 10.9. The molecule has 0 amide bonds. The van der Waals surface area contributed by atoms with Crippen LogP contribution in [0.25, 0.3) is 0 Å². The van der Waals surface area contributed by atoms with Gasteiger partial charge in [-0.1, -0.05) is 24.3 Å². The van der Waals surface area contributed by atoms with Gasteiger partial charge in [-0.05, 0) is 12.5 Å². The monoisotopic (exact) mass is 192 g/mol. The van der Waals surface area contributed by atoms with Crippen LogP contribution in [-0.2, 0) is 6.54 Å². The Bertz CT molecular complexity index is 304. The second-order valence-electron chi connectivity index (χ2n) is 3.48. The van der Waals surface area contributed by atoms with E-state index in [1.807, 2.05) is 43.4 Å². The summed E-state index contributed by atoms with van der Waals surface area (Å²) in [4.78, 5) is 11.0. The number of rotatable bonds is 4. The largest absolute Gasteiger partial charge is 0.295 e. The Kier molecular flexibility index (Phi) is 3.80. The third kappa shape index (κ3) is 3.28. The van der Waals surface area contributed by atoms with Crippen LogP contribution in [0.1, 0.15) is 22.8 Å². The molecule has 1 aromatic carbocycles. The molecule has 0 saturated carbocycles. The van der Waals surface area contributed by atoms with Crippen molar-refractivity contribution < 1.29 is 4.79 Å². The van der Waals surface area contributed by atoms with Gasteiger partial charge in [-0.15, -0.1) is 0 Å². The highest BCUT2D eigenvalue weighted by atomic mass is 16.1. The molecule has 0 spiro atoms. The van der Waals surface area contributed by atoms with Crippen LogP contribution in [0.5, 0.6) is 0 Å². The van der Waals surface area contributed by atoms with Crippen LogP contribution in [0.15, 0.2) is 24.3 Å². The molecular formula is C11H16N2O. The highest BCUT2D eigenvalue weighted by molar-refractivity contribution is 5.93. The van der Waals surface area contributed by atoms with Crippen molar-refractivity contribution in [2.45, 2.75) is 13.5 Å². The molecule has 14 heavy (non-hydrogen) atoms. The first-order valence-corrected chi connectivity index (χ1v) is 4.60. The van der Waals surface area contributed by atoms with Crippen LogP contribution < -0.4 is 5.43 Å². The lowest BCUT2D eigenvalue weighted by Crippen LogP contribution is -2.29. The maximum Gasteiger partial charge on any atom is 0.159 e. The number of nitrogens with zero attached hydrogens (tertiary/aromatic N) is 1. The Morgan fingerprint density at radius 2 is 1.86 bits per heavy atom. The van der Waals surface area contributed by atoms with Crippen molar-refractivity contribution in [3.8, 4) is 0 Å². The minimum absolute atomic E-state index is 0.108. The lowest BCUT2D eigenvalue weighted by Gasteiger charge is -2.11. The Morgan fingerprint density at radius 3 is 2.29 bits per heavy atom. The molecule has 0 unspecified atom stereocenters. The molecule has 1 aromatic rings. The number of hydrazine groups is 1. The summed E-state index contributed by atoms with van der Waals surface area (Å²) in [6, 6.07) is 7.64. The van der Waals surface area contributed by atoms with E-state index in [1.54, 1.807) is 6.92 Å². The number of ketones is 1. The number of hydrogen-bond donors (Lipinski definition) is 1. The van der Waals surface area contributed by atoms with E-state index in [1.165, 1.54) is 5.56 Å². The molecule has 0 bridgehead atoms. The zero-order valence-corrected chi connectivity index (χ0v) is 8.87. The molecule has 1 N–H and O–H groups in total. The van der Waals surface area contributed by atoms with Gasteiger partial charge in [0.1, 0.15) is 0 Å². The number of carbonyl (C=O) groups is 1. The molecule has 0 radical (unpaired) electrons. The number of benzene rings is 1. The molecule has 1 rings (SSSR count). The third-order valence-electron chi connectivity index (χ3n) is 1.96. The van der Waals surface area contributed by atoms with E-state index in [2.05, 4.69) is 5.43 Å². The van der Waals surface area contributed by atoms with Crippen molar-refractivity contribution in [2.24, 2.45) is 0 Å². The molecule has 0 aromatic heterocycles. The molecule has 0 heterocycles. The van der Waals surface area contributed by atoms with E-state index < -0.39 is 0 Å². The van der Waals surface area contributed by atoms with E-state index in [-0.39, 0.29) is 5.78 Å². The van der Waals surface area contributed by atoms with Gasteiger partial charge in [0.2, 0.25) is 0 Å². The smallest absolute Gasteiger partial charge is 0.159 e. The van der Waals surface area contributed by atoms with Crippen molar-refractivity contribution in [2.75, 3.05) is 14.1 Å². The molecule has 0 aliphatic carbocycles. The molecule has 0 aliphatic heterocycles. The van der Waals surface area contributed by atoms with Crippen molar-refractivity contribution in [3.05, 3.63) is 35.4 Å². The Labute approximate surface area is 84.7 Å². The van der Waals surface area contributed by atoms with Crippen LogP contribution >= 0.6 is 0 Å². The molecule has 0 atom stereocenters. The van der Waals surface area contributed by atoms with Crippen molar-refractivity contribution in [1.82, 2.24) is 10.4 Å². The summed E-state index contributed by atoms with van der Waals surface area (Å²) in [5.41, 5.74) is 5.09.